The van der Waals surface area contributed by atoms with Crippen molar-refractivity contribution in [2.45, 2.75) is 40.0 Å². The summed E-state index contributed by atoms with van der Waals surface area (Å²) >= 11 is 0. The van der Waals surface area contributed by atoms with Crippen molar-refractivity contribution in [2.24, 2.45) is 0 Å². The summed E-state index contributed by atoms with van der Waals surface area (Å²) in [6.07, 6.45) is 7.03. The monoisotopic (exact) mass is 324 g/mol. The first-order chi connectivity index (χ1) is 11.7. The highest BCUT2D eigenvalue weighted by Gasteiger charge is 2.07. The molecule has 0 atom stereocenters. The molecule has 0 saturated heterocycles. The molecule has 5 nitrogen and oxygen atoms in total. The van der Waals surface area contributed by atoms with E-state index in [1.54, 1.807) is 7.11 Å². The van der Waals surface area contributed by atoms with Gasteiger partial charge in [0.15, 0.2) is 0 Å². The smallest absolute Gasteiger partial charge is 0.0913 e. The Morgan fingerprint density at radius 3 is 2.21 bits per heavy atom. The topological polar surface area (TPSA) is 44.9 Å². The number of rotatable bonds is 7. The lowest BCUT2D eigenvalue weighted by molar-refractivity contribution is 0.180. The molecular formula is C19H24N4O. The molecule has 3 rings (SSSR count). The molecule has 5 heteroatoms. The van der Waals surface area contributed by atoms with E-state index in [4.69, 9.17) is 4.74 Å². The number of ether oxygens (including phenoxy) is 1. The van der Waals surface area contributed by atoms with Gasteiger partial charge in [-0.2, -0.15) is 10.2 Å². The predicted molar refractivity (Wildman–Crippen MR) is 93.9 cm³/mol. The van der Waals surface area contributed by atoms with Gasteiger partial charge in [-0.05, 0) is 35.6 Å². The molecule has 0 radical (unpaired) electrons. The molecule has 1 aromatic carbocycles. The average Bonchev–Trinajstić information content (AvgIpc) is 3.15. The van der Waals surface area contributed by atoms with E-state index in [2.05, 4.69) is 60.7 Å². The van der Waals surface area contributed by atoms with Crippen molar-refractivity contribution >= 4 is 0 Å². The standard InChI is InChI=1S/C19H24N4O/c1-4-18-13-23(21-19(18)14-24-3)12-17-7-5-16(6-8-17)11-22-10-15(2)9-20-22/h5-10,13H,4,11-12,14H2,1-3H3. The van der Waals surface area contributed by atoms with E-state index in [9.17, 15) is 0 Å². The summed E-state index contributed by atoms with van der Waals surface area (Å²) in [5.74, 6) is 0. The van der Waals surface area contributed by atoms with Gasteiger partial charge in [0.2, 0.25) is 0 Å². The van der Waals surface area contributed by atoms with E-state index < -0.39 is 0 Å². The van der Waals surface area contributed by atoms with Crippen LogP contribution >= 0.6 is 0 Å². The van der Waals surface area contributed by atoms with Crippen molar-refractivity contribution in [3.05, 3.63) is 70.8 Å². The summed E-state index contributed by atoms with van der Waals surface area (Å²) in [5, 5.41) is 8.97. The zero-order valence-electron chi connectivity index (χ0n) is 14.6. The fourth-order valence-electron chi connectivity index (χ4n) is 2.81. The summed E-state index contributed by atoms with van der Waals surface area (Å²) in [7, 11) is 1.71. The summed E-state index contributed by atoms with van der Waals surface area (Å²) in [6.45, 7) is 6.34. The second-order valence-electron chi connectivity index (χ2n) is 6.12. The molecule has 2 heterocycles. The number of hydrogen-bond acceptors (Lipinski definition) is 3. The van der Waals surface area contributed by atoms with Gasteiger partial charge in [-0.25, -0.2) is 0 Å². The van der Waals surface area contributed by atoms with Gasteiger partial charge < -0.3 is 4.74 Å². The fourth-order valence-corrected chi connectivity index (χ4v) is 2.81. The van der Waals surface area contributed by atoms with Gasteiger partial charge >= 0.3 is 0 Å². The van der Waals surface area contributed by atoms with Crippen LogP contribution in [0.5, 0.6) is 0 Å². The van der Waals surface area contributed by atoms with Crippen LogP contribution in [0.4, 0.5) is 0 Å². The van der Waals surface area contributed by atoms with Crippen LogP contribution in [-0.4, -0.2) is 26.7 Å². The Morgan fingerprint density at radius 2 is 1.67 bits per heavy atom. The second-order valence-corrected chi connectivity index (χ2v) is 6.12. The molecule has 0 aliphatic rings. The number of hydrogen-bond donors (Lipinski definition) is 0. The molecule has 0 aliphatic heterocycles. The molecule has 0 bridgehead atoms. The Balaban J connectivity index is 1.67. The van der Waals surface area contributed by atoms with E-state index in [1.807, 2.05) is 15.6 Å². The third-order valence-corrected chi connectivity index (χ3v) is 4.06. The van der Waals surface area contributed by atoms with Gasteiger partial charge in [-0.1, -0.05) is 31.2 Å². The molecule has 24 heavy (non-hydrogen) atoms. The summed E-state index contributed by atoms with van der Waals surface area (Å²) < 4.78 is 9.18. The van der Waals surface area contributed by atoms with Gasteiger partial charge in [-0.15, -0.1) is 0 Å². The highest BCUT2D eigenvalue weighted by atomic mass is 16.5. The van der Waals surface area contributed by atoms with Crippen LogP contribution in [0, 0.1) is 6.92 Å². The molecule has 3 aromatic rings. The van der Waals surface area contributed by atoms with Crippen LogP contribution < -0.4 is 0 Å². The van der Waals surface area contributed by atoms with E-state index in [0.29, 0.717) is 6.61 Å². The van der Waals surface area contributed by atoms with Crippen molar-refractivity contribution in [1.29, 1.82) is 0 Å². The van der Waals surface area contributed by atoms with Crippen LogP contribution in [-0.2, 0) is 30.9 Å². The summed E-state index contributed by atoms with van der Waals surface area (Å²) in [5.41, 5.74) is 5.96. The van der Waals surface area contributed by atoms with Gasteiger partial charge in [-0.3, -0.25) is 9.36 Å². The van der Waals surface area contributed by atoms with Gasteiger partial charge in [0.1, 0.15) is 0 Å². The van der Waals surface area contributed by atoms with E-state index in [1.165, 1.54) is 22.3 Å². The first-order valence-corrected chi connectivity index (χ1v) is 8.29. The SMILES string of the molecule is CCc1cn(Cc2ccc(Cn3cc(C)cn3)cc2)nc1COC. The maximum Gasteiger partial charge on any atom is 0.0913 e. The van der Waals surface area contributed by atoms with E-state index >= 15 is 0 Å². The minimum Gasteiger partial charge on any atom is -0.378 e. The molecule has 0 spiro atoms. The third-order valence-electron chi connectivity index (χ3n) is 4.06. The minimum atomic E-state index is 0.568. The molecular weight excluding hydrogens is 300 g/mol. The number of benzene rings is 1. The highest BCUT2D eigenvalue weighted by molar-refractivity contribution is 5.24. The summed E-state index contributed by atoms with van der Waals surface area (Å²) in [6, 6.07) is 8.64. The van der Waals surface area contributed by atoms with Crippen LogP contribution in [0.25, 0.3) is 0 Å². The molecule has 0 amide bonds. The van der Waals surface area contributed by atoms with Crippen LogP contribution in [0.15, 0.2) is 42.9 Å². The molecule has 0 aliphatic carbocycles. The van der Waals surface area contributed by atoms with Crippen LogP contribution in [0.1, 0.15) is 34.9 Å². The maximum absolute atomic E-state index is 5.22. The molecule has 0 saturated carbocycles. The molecule has 0 unspecified atom stereocenters. The Bertz CT molecular complexity index is 786. The Hall–Kier alpha value is -2.40. The Morgan fingerprint density at radius 1 is 1.00 bits per heavy atom. The molecule has 0 N–H and O–H groups in total. The van der Waals surface area contributed by atoms with Gasteiger partial charge in [0.25, 0.3) is 0 Å². The van der Waals surface area contributed by atoms with Crippen molar-refractivity contribution < 1.29 is 4.74 Å². The highest BCUT2D eigenvalue weighted by Crippen LogP contribution is 2.12. The first-order valence-electron chi connectivity index (χ1n) is 8.29. The van der Waals surface area contributed by atoms with Crippen molar-refractivity contribution in [3.8, 4) is 0 Å². The Labute approximate surface area is 142 Å². The minimum absolute atomic E-state index is 0.568. The van der Waals surface area contributed by atoms with Crippen LogP contribution in [0.3, 0.4) is 0 Å². The van der Waals surface area contributed by atoms with Gasteiger partial charge in [0.05, 0.1) is 31.6 Å². The Kier molecular flexibility index (Phi) is 5.11. The number of aryl methyl sites for hydroxylation is 2. The lowest BCUT2D eigenvalue weighted by Crippen LogP contribution is -2.03. The quantitative estimate of drug-likeness (QED) is 0.670. The van der Waals surface area contributed by atoms with E-state index in [-0.39, 0.29) is 0 Å². The zero-order valence-corrected chi connectivity index (χ0v) is 14.6. The number of nitrogens with zero attached hydrogens (tertiary/aromatic N) is 4. The molecule has 0 fully saturated rings. The van der Waals surface area contributed by atoms with Crippen molar-refractivity contribution in [1.82, 2.24) is 19.6 Å². The first kappa shape index (κ1) is 16.5. The maximum atomic E-state index is 5.22. The zero-order chi connectivity index (χ0) is 16.9. The van der Waals surface area contributed by atoms with E-state index in [0.717, 1.165) is 25.2 Å². The second kappa shape index (κ2) is 7.45. The fraction of sp³-hybridized carbons (Fsp3) is 0.368. The van der Waals surface area contributed by atoms with Gasteiger partial charge in [0, 0.05) is 19.5 Å². The predicted octanol–water partition coefficient (Wildman–Crippen LogP) is 3.19. The van der Waals surface area contributed by atoms with Crippen LogP contribution in [0.2, 0.25) is 0 Å². The molecule has 2 aromatic heterocycles. The normalized spacial score (nSPS) is 11.1. The lowest BCUT2D eigenvalue weighted by Gasteiger charge is -2.05. The third kappa shape index (κ3) is 3.92. The van der Waals surface area contributed by atoms with Crippen molar-refractivity contribution in [2.75, 3.05) is 7.11 Å². The molecule has 126 valence electrons. The number of aromatic nitrogens is 4. The van der Waals surface area contributed by atoms with Crippen molar-refractivity contribution in [3.63, 3.8) is 0 Å². The lowest BCUT2D eigenvalue weighted by atomic mass is 10.1. The number of methoxy groups -OCH3 is 1. The largest absolute Gasteiger partial charge is 0.378 e. The average molecular weight is 324 g/mol. The summed E-state index contributed by atoms with van der Waals surface area (Å²) in [4.78, 5) is 0.